The Morgan fingerprint density at radius 1 is 0.550 bits per heavy atom. The smallest absolute Gasteiger partial charge is 0.308 e. The summed E-state index contributed by atoms with van der Waals surface area (Å²) >= 11 is 0. The standard InChI is InChI=1S/C61H88O19/c1-27-14-34-8-10-38-28(2)15-36(66-38)12-13-59-26-58(7)57(80-59)56-55(77-58)54(79-59)53-39(70-56)11-9-35(68-53)17-48(65)73-52-32(6)51-44(69-43(52)18-40(67-34)31(27)5)20-42-46(72-51)23-61(74-42)24-47-50(78-61)30(4)22-60(76-47)21-29(3)49-45(75-60)19-41(71-49)37(64)16-33(63)25-62/h27,29-30,32-47,49-57,62-64H,2,5,8-26H2,1,3-4,6-7H3. The lowest BCUT2D eigenvalue weighted by molar-refractivity contribution is -0.347. The molecule has 0 aromatic heterocycles. The van der Waals surface area contributed by atoms with Crippen LogP contribution < -0.4 is 0 Å². The zero-order valence-corrected chi connectivity index (χ0v) is 47.4. The molecule has 0 aliphatic carbocycles. The van der Waals surface area contributed by atoms with Crippen LogP contribution in [-0.4, -0.2) is 197 Å². The van der Waals surface area contributed by atoms with Crippen LogP contribution in [-0.2, 0) is 75.8 Å². The van der Waals surface area contributed by atoms with Gasteiger partial charge in [0.25, 0.3) is 0 Å². The van der Waals surface area contributed by atoms with E-state index in [0.717, 1.165) is 43.3 Å². The van der Waals surface area contributed by atoms with Gasteiger partial charge in [-0.05, 0) is 80.8 Å². The average molecular weight is 1130 g/mol. The molecule has 80 heavy (non-hydrogen) atoms. The molecule has 16 aliphatic rings. The molecule has 16 rings (SSSR count). The van der Waals surface area contributed by atoms with Gasteiger partial charge in [0.15, 0.2) is 17.4 Å². The zero-order chi connectivity index (χ0) is 54.9. The largest absolute Gasteiger partial charge is 0.459 e. The first-order chi connectivity index (χ1) is 38.3. The number of aliphatic hydroxyl groups is 3. The number of ether oxygens (including phenoxy) is 15. The van der Waals surface area contributed by atoms with E-state index in [2.05, 4.69) is 47.8 Å². The summed E-state index contributed by atoms with van der Waals surface area (Å²) in [5.74, 6) is -2.82. The molecule has 19 heteroatoms. The highest BCUT2D eigenvalue weighted by Crippen LogP contribution is 2.60. The molecule has 3 spiro atoms. The molecule has 32 unspecified atom stereocenters. The quantitative estimate of drug-likeness (QED) is 0.240. The maximum absolute atomic E-state index is 14.6. The van der Waals surface area contributed by atoms with Crippen LogP contribution in [0.25, 0.3) is 0 Å². The third-order valence-corrected chi connectivity index (χ3v) is 22.3. The first kappa shape index (κ1) is 54.9. The van der Waals surface area contributed by atoms with Gasteiger partial charge in [-0.15, -0.1) is 0 Å². The van der Waals surface area contributed by atoms with Crippen molar-refractivity contribution >= 4 is 5.97 Å². The number of hydrogen-bond donors (Lipinski definition) is 3. The van der Waals surface area contributed by atoms with Crippen molar-refractivity contribution in [2.45, 2.75) is 320 Å². The molecule has 0 saturated carbocycles. The summed E-state index contributed by atoms with van der Waals surface area (Å²) in [7, 11) is 0. The Balaban J connectivity index is 0.658. The second-order valence-electron chi connectivity index (χ2n) is 28.2. The summed E-state index contributed by atoms with van der Waals surface area (Å²) in [6.07, 6.45) is 1.95. The summed E-state index contributed by atoms with van der Waals surface area (Å²) in [5.41, 5.74) is 1.60. The molecule has 16 aliphatic heterocycles. The maximum atomic E-state index is 14.6. The third-order valence-electron chi connectivity index (χ3n) is 22.3. The number of carbonyl (C=O) groups is 1. The van der Waals surface area contributed by atoms with Crippen LogP contribution in [0.3, 0.4) is 0 Å². The first-order valence-electron chi connectivity index (χ1n) is 31.2. The van der Waals surface area contributed by atoms with Crippen molar-refractivity contribution in [3.8, 4) is 0 Å². The number of aliphatic hydroxyl groups excluding tert-OH is 3. The van der Waals surface area contributed by atoms with E-state index in [1.807, 2.05) is 0 Å². The van der Waals surface area contributed by atoms with Crippen LogP contribution in [0.15, 0.2) is 24.3 Å². The molecule has 32 atom stereocenters. The van der Waals surface area contributed by atoms with E-state index in [9.17, 15) is 20.1 Å². The molecule has 12 bridgehead atoms. The topological polar surface area (TPSA) is 216 Å². The molecule has 0 amide bonds. The summed E-state index contributed by atoms with van der Waals surface area (Å²) in [6.45, 7) is 19.6. The van der Waals surface area contributed by atoms with Gasteiger partial charge >= 0.3 is 5.97 Å². The van der Waals surface area contributed by atoms with E-state index in [-0.39, 0.29) is 140 Å². The number of hydrogen-bond acceptors (Lipinski definition) is 19. The van der Waals surface area contributed by atoms with Crippen molar-refractivity contribution in [2.24, 2.45) is 23.7 Å². The van der Waals surface area contributed by atoms with E-state index in [0.29, 0.717) is 70.6 Å². The molecule has 19 nitrogen and oxygen atoms in total. The van der Waals surface area contributed by atoms with Gasteiger partial charge in [0.05, 0.1) is 123 Å². The maximum Gasteiger partial charge on any atom is 0.308 e. The molecule has 16 saturated heterocycles. The second kappa shape index (κ2) is 20.2. The summed E-state index contributed by atoms with van der Waals surface area (Å²) in [6, 6.07) is 0. The Morgan fingerprint density at radius 3 is 2.09 bits per heavy atom. The van der Waals surface area contributed by atoms with Crippen LogP contribution >= 0.6 is 0 Å². The summed E-state index contributed by atoms with van der Waals surface area (Å²) in [4.78, 5) is 14.6. The molecule has 0 aromatic carbocycles. The summed E-state index contributed by atoms with van der Waals surface area (Å²) in [5, 5.41) is 30.4. The highest BCUT2D eigenvalue weighted by atomic mass is 16.8. The first-order valence-corrected chi connectivity index (χ1v) is 31.2. The van der Waals surface area contributed by atoms with Gasteiger partial charge in [-0.25, -0.2) is 0 Å². The fourth-order valence-electron chi connectivity index (χ4n) is 18.6. The zero-order valence-electron chi connectivity index (χ0n) is 47.4. The number of fused-ring (bicyclic) bond motifs is 10. The van der Waals surface area contributed by atoms with Gasteiger partial charge < -0.3 is 86.4 Å². The van der Waals surface area contributed by atoms with Crippen molar-refractivity contribution in [2.75, 3.05) is 6.61 Å². The van der Waals surface area contributed by atoms with Gasteiger partial charge in [-0.1, -0.05) is 40.9 Å². The Kier molecular flexibility index (Phi) is 13.8. The van der Waals surface area contributed by atoms with Gasteiger partial charge in [-0.3, -0.25) is 4.79 Å². The normalized spacial score (nSPS) is 57.6. The molecule has 16 heterocycles. The summed E-state index contributed by atoms with van der Waals surface area (Å²) < 4.78 is 104. The van der Waals surface area contributed by atoms with Crippen LogP contribution in [0.4, 0.5) is 0 Å². The SMILES string of the molecule is C=C1CC2CCC34CC5(C)OC6C(O3)C3OC(CCC3OC6C5O4)CC(=O)OC3C(CC4OC(CCC1O2)CC(C)C4=C)OC1CC2OC4(CC2OC1C3C)CC1OC2(CC(C)C3OC(C(O)CC(O)CO)CC3O2)CC(C)C1O4. The fraction of sp³-hybridized carbons (Fsp3) is 0.918. The molecule has 0 radical (unpaired) electrons. The van der Waals surface area contributed by atoms with Crippen molar-refractivity contribution < 1.29 is 91.2 Å². The van der Waals surface area contributed by atoms with Crippen molar-refractivity contribution in [3.05, 3.63) is 24.3 Å². The van der Waals surface area contributed by atoms with E-state index >= 15 is 0 Å². The number of esters is 1. The Bertz CT molecular complexity index is 2390. The van der Waals surface area contributed by atoms with E-state index in [1.54, 1.807) is 0 Å². The van der Waals surface area contributed by atoms with Crippen LogP contribution in [0, 0.1) is 23.7 Å². The minimum absolute atomic E-state index is 0.00300. The Labute approximate surface area is 469 Å². The second-order valence-corrected chi connectivity index (χ2v) is 28.2. The highest BCUT2D eigenvalue weighted by Gasteiger charge is 2.73. The average Bonchev–Trinajstić information content (AvgIpc) is 4.25. The molecule has 16 fully saturated rings. The Hall–Kier alpha value is -1.73. The Morgan fingerprint density at radius 2 is 1.25 bits per heavy atom. The van der Waals surface area contributed by atoms with E-state index < -0.39 is 78.4 Å². The molecular formula is C61H88O19. The van der Waals surface area contributed by atoms with Gasteiger partial charge in [0, 0.05) is 70.1 Å². The lowest BCUT2D eigenvalue weighted by atomic mass is 9.79. The van der Waals surface area contributed by atoms with E-state index in [4.69, 9.17) is 71.1 Å². The van der Waals surface area contributed by atoms with Gasteiger partial charge in [0.1, 0.15) is 42.2 Å². The molecule has 446 valence electrons. The van der Waals surface area contributed by atoms with Crippen LogP contribution in [0.5, 0.6) is 0 Å². The molecule has 0 aromatic rings. The minimum atomic E-state index is -1.02. The van der Waals surface area contributed by atoms with Crippen molar-refractivity contribution in [3.63, 3.8) is 0 Å². The van der Waals surface area contributed by atoms with Crippen LogP contribution in [0.1, 0.15) is 150 Å². The monoisotopic (exact) mass is 1120 g/mol. The minimum Gasteiger partial charge on any atom is -0.459 e. The fourth-order valence-corrected chi connectivity index (χ4v) is 18.6. The number of carbonyl (C=O) groups excluding carboxylic acids is 1. The third kappa shape index (κ3) is 9.32. The van der Waals surface area contributed by atoms with E-state index in [1.165, 1.54) is 0 Å². The number of rotatable bonds is 4. The van der Waals surface area contributed by atoms with Gasteiger partial charge in [-0.2, -0.15) is 0 Å². The predicted molar refractivity (Wildman–Crippen MR) is 278 cm³/mol. The van der Waals surface area contributed by atoms with Crippen LogP contribution in [0.2, 0.25) is 0 Å². The lowest BCUT2D eigenvalue weighted by Gasteiger charge is -2.50. The predicted octanol–water partition coefficient (Wildman–Crippen LogP) is 5.32. The lowest BCUT2D eigenvalue weighted by Crippen LogP contribution is -2.62. The van der Waals surface area contributed by atoms with Crippen molar-refractivity contribution in [1.29, 1.82) is 0 Å². The molecular weight excluding hydrogens is 1040 g/mol. The highest BCUT2D eigenvalue weighted by molar-refractivity contribution is 5.70. The van der Waals surface area contributed by atoms with Gasteiger partial charge in [0.2, 0.25) is 0 Å². The van der Waals surface area contributed by atoms with Crippen molar-refractivity contribution in [1.82, 2.24) is 0 Å². The molecule has 3 N–H and O–H groups in total.